The molecule has 18 heavy (non-hydrogen) atoms. The Bertz CT molecular complexity index is 542. The molecule has 0 saturated heterocycles. The van der Waals surface area contributed by atoms with Gasteiger partial charge in [0.1, 0.15) is 0 Å². The van der Waals surface area contributed by atoms with Crippen LogP contribution in [0.15, 0.2) is 11.6 Å². The lowest BCUT2D eigenvalue weighted by Crippen LogP contribution is -2.01. The molecule has 0 radical (unpaired) electrons. The van der Waals surface area contributed by atoms with E-state index < -0.39 is 0 Å². The van der Waals surface area contributed by atoms with Gasteiger partial charge in [-0.1, -0.05) is 13.8 Å². The Balaban J connectivity index is 2.06. The number of rotatable bonds is 5. The molecule has 0 spiro atoms. The predicted molar refractivity (Wildman–Crippen MR) is 72.1 cm³/mol. The van der Waals surface area contributed by atoms with Gasteiger partial charge in [-0.2, -0.15) is 0 Å². The van der Waals surface area contributed by atoms with E-state index in [-0.39, 0.29) is 5.97 Å². The van der Waals surface area contributed by atoms with Crippen LogP contribution in [0.2, 0.25) is 0 Å². The first-order valence-corrected chi connectivity index (χ1v) is 7.02. The maximum Gasteiger partial charge on any atom is 0.305 e. The van der Waals surface area contributed by atoms with Crippen LogP contribution < -0.4 is 0 Å². The minimum Gasteiger partial charge on any atom is -0.469 e. The number of fused-ring (bicyclic) bond motifs is 1. The molecule has 0 aromatic carbocycles. The number of ether oxygens (including phenoxy) is 1. The third-order valence-electron chi connectivity index (χ3n) is 2.94. The number of nitrogens with zero attached hydrogens (tertiary/aromatic N) is 2. The van der Waals surface area contributed by atoms with E-state index in [1.54, 1.807) is 11.3 Å². The normalized spacial score (nSPS) is 11.3. The highest BCUT2D eigenvalue weighted by molar-refractivity contribution is 7.15. The lowest BCUT2D eigenvalue weighted by Gasteiger charge is -2.00. The number of hydrogen-bond acceptors (Lipinski definition) is 4. The third-order valence-corrected chi connectivity index (χ3v) is 3.82. The lowest BCUT2D eigenvalue weighted by atomic mass is 10.1. The van der Waals surface area contributed by atoms with Gasteiger partial charge in [0.15, 0.2) is 4.96 Å². The summed E-state index contributed by atoms with van der Waals surface area (Å²) in [6, 6.07) is 0. The van der Waals surface area contributed by atoms with Crippen molar-refractivity contribution in [1.82, 2.24) is 9.38 Å². The first-order valence-electron chi connectivity index (χ1n) is 6.14. The predicted octanol–water partition coefficient (Wildman–Crippen LogP) is 3.01. The van der Waals surface area contributed by atoms with Gasteiger partial charge in [0.25, 0.3) is 0 Å². The van der Waals surface area contributed by atoms with E-state index in [1.165, 1.54) is 12.8 Å². The Morgan fingerprint density at radius 1 is 1.56 bits per heavy atom. The van der Waals surface area contributed by atoms with Gasteiger partial charge >= 0.3 is 5.97 Å². The van der Waals surface area contributed by atoms with Gasteiger partial charge in [-0.25, -0.2) is 4.98 Å². The van der Waals surface area contributed by atoms with Crippen molar-refractivity contribution in [2.45, 2.75) is 39.0 Å². The molecule has 0 amide bonds. The smallest absolute Gasteiger partial charge is 0.305 e. The highest BCUT2D eigenvalue weighted by Gasteiger charge is 2.10. The summed E-state index contributed by atoms with van der Waals surface area (Å²) in [4.78, 5) is 16.7. The largest absolute Gasteiger partial charge is 0.469 e. The lowest BCUT2D eigenvalue weighted by molar-refractivity contribution is -0.140. The maximum atomic E-state index is 11.1. The number of carbonyl (C=O) groups excluding carboxylic acids is 1. The van der Waals surface area contributed by atoms with E-state index in [2.05, 4.69) is 39.5 Å². The van der Waals surface area contributed by atoms with Crippen molar-refractivity contribution in [1.29, 1.82) is 0 Å². The van der Waals surface area contributed by atoms with Crippen molar-refractivity contribution in [3.63, 3.8) is 0 Å². The second kappa shape index (κ2) is 5.52. The molecular formula is C13H18N2O2S. The molecule has 5 heteroatoms. The highest BCUT2D eigenvalue weighted by Crippen LogP contribution is 2.21. The molecule has 2 rings (SSSR count). The van der Waals surface area contributed by atoms with E-state index in [1.807, 2.05) is 0 Å². The molecule has 0 N–H and O–H groups in total. The molecule has 0 fully saturated rings. The van der Waals surface area contributed by atoms with Crippen LogP contribution in [0.4, 0.5) is 0 Å². The number of thiazole rings is 1. The Kier molecular flexibility index (Phi) is 4.01. The minimum absolute atomic E-state index is 0.144. The van der Waals surface area contributed by atoms with Crippen molar-refractivity contribution < 1.29 is 9.53 Å². The molecule has 0 aliphatic carbocycles. The summed E-state index contributed by atoms with van der Waals surface area (Å²) >= 11 is 1.65. The molecule has 0 saturated carbocycles. The first kappa shape index (κ1) is 13.1. The number of aryl methyl sites for hydroxylation is 1. The van der Waals surface area contributed by atoms with E-state index in [0.717, 1.165) is 23.5 Å². The number of hydrogen-bond donors (Lipinski definition) is 0. The molecule has 0 aliphatic heterocycles. The van der Waals surface area contributed by atoms with Gasteiger partial charge in [0.05, 0.1) is 12.8 Å². The summed E-state index contributed by atoms with van der Waals surface area (Å²) in [6.45, 7) is 4.28. The molecule has 0 bridgehead atoms. The fourth-order valence-electron chi connectivity index (χ4n) is 1.82. The molecule has 98 valence electrons. The monoisotopic (exact) mass is 266 g/mol. The van der Waals surface area contributed by atoms with E-state index >= 15 is 0 Å². The molecular weight excluding hydrogens is 248 g/mol. The van der Waals surface area contributed by atoms with Crippen LogP contribution >= 0.6 is 11.3 Å². The Morgan fingerprint density at radius 3 is 3.00 bits per heavy atom. The number of carbonyl (C=O) groups is 1. The molecule has 0 atom stereocenters. The first-order chi connectivity index (χ1) is 8.61. The topological polar surface area (TPSA) is 43.6 Å². The van der Waals surface area contributed by atoms with Gasteiger partial charge in [0, 0.05) is 23.7 Å². The zero-order chi connectivity index (χ0) is 13.1. The minimum atomic E-state index is -0.144. The number of methoxy groups -OCH3 is 1. The van der Waals surface area contributed by atoms with Crippen molar-refractivity contribution >= 4 is 22.3 Å². The van der Waals surface area contributed by atoms with Gasteiger partial charge < -0.3 is 4.74 Å². The summed E-state index contributed by atoms with van der Waals surface area (Å²) < 4.78 is 6.77. The number of esters is 1. The molecule has 2 heterocycles. The standard InChI is InChI=1S/C13H18N2O2S/c1-9(2)11-7-15-10(8-18-13(15)14-11)5-4-6-12(16)17-3/h7-9H,4-6H2,1-3H3. The zero-order valence-corrected chi connectivity index (χ0v) is 11.8. The van der Waals surface area contributed by atoms with E-state index in [4.69, 9.17) is 0 Å². The van der Waals surface area contributed by atoms with Gasteiger partial charge in [0.2, 0.25) is 0 Å². The van der Waals surface area contributed by atoms with Crippen LogP contribution in [0.3, 0.4) is 0 Å². The second-order valence-corrected chi connectivity index (χ2v) is 5.47. The Labute approximate surface area is 111 Å². The van der Waals surface area contributed by atoms with Crippen molar-refractivity contribution in [3.05, 3.63) is 23.0 Å². The van der Waals surface area contributed by atoms with Crippen LogP contribution in [-0.4, -0.2) is 22.5 Å². The second-order valence-electron chi connectivity index (χ2n) is 4.63. The average Bonchev–Trinajstić information content (AvgIpc) is 2.90. The van der Waals surface area contributed by atoms with Crippen molar-refractivity contribution in [2.75, 3.05) is 7.11 Å². The third kappa shape index (κ3) is 2.72. The SMILES string of the molecule is COC(=O)CCCc1csc2nc(C(C)C)cn12. The summed E-state index contributed by atoms with van der Waals surface area (Å²) in [5.41, 5.74) is 2.34. The van der Waals surface area contributed by atoms with Crippen molar-refractivity contribution in [3.8, 4) is 0 Å². The maximum absolute atomic E-state index is 11.1. The van der Waals surface area contributed by atoms with Gasteiger partial charge in [-0.15, -0.1) is 11.3 Å². The van der Waals surface area contributed by atoms with Crippen LogP contribution in [0.1, 0.15) is 44.0 Å². The van der Waals surface area contributed by atoms with Gasteiger partial charge in [-0.3, -0.25) is 9.20 Å². The fraction of sp³-hybridized carbons (Fsp3) is 0.538. The number of aromatic nitrogens is 2. The Morgan fingerprint density at radius 2 is 2.33 bits per heavy atom. The van der Waals surface area contributed by atoms with Crippen LogP contribution in [0, 0.1) is 0 Å². The van der Waals surface area contributed by atoms with Crippen LogP contribution in [-0.2, 0) is 16.0 Å². The number of imidazole rings is 1. The van der Waals surface area contributed by atoms with E-state index in [0.29, 0.717) is 12.3 Å². The molecule has 2 aromatic heterocycles. The van der Waals surface area contributed by atoms with Crippen LogP contribution in [0.25, 0.3) is 4.96 Å². The zero-order valence-electron chi connectivity index (χ0n) is 11.0. The quantitative estimate of drug-likeness (QED) is 0.781. The van der Waals surface area contributed by atoms with Crippen LogP contribution in [0.5, 0.6) is 0 Å². The van der Waals surface area contributed by atoms with Crippen molar-refractivity contribution in [2.24, 2.45) is 0 Å². The summed E-state index contributed by atoms with van der Waals surface area (Å²) in [6.07, 6.45) is 4.26. The molecule has 2 aromatic rings. The average molecular weight is 266 g/mol. The Hall–Kier alpha value is -1.36. The molecule has 0 aliphatic rings. The highest BCUT2D eigenvalue weighted by atomic mass is 32.1. The van der Waals surface area contributed by atoms with Gasteiger partial charge in [-0.05, 0) is 18.8 Å². The summed E-state index contributed by atoms with van der Waals surface area (Å²) in [5, 5.41) is 2.11. The fourth-order valence-corrected chi connectivity index (χ4v) is 2.74. The molecule has 4 nitrogen and oxygen atoms in total. The molecule has 0 unspecified atom stereocenters. The summed E-state index contributed by atoms with van der Waals surface area (Å²) in [7, 11) is 1.43. The van der Waals surface area contributed by atoms with E-state index in [9.17, 15) is 4.79 Å². The summed E-state index contributed by atoms with van der Waals surface area (Å²) in [5.74, 6) is 0.301.